The van der Waals surface area contributed by atoms with Crippen LogP contribution >= 0.6 is 11.8 Å². The van der Waals surface area contributed by atoms with Crippen molar-refractivity contribution >= 4 is 29.3 Å². The van der Waals surface area contributed by atoms with E-state index in [1.165, 1.54) is 17.3 Å². The van der Waals surface area contributed by atoms with Gasteiger partial charge in [-0.3, -0.25) is 4.79 Å². The van der Waals surface area contributed by atoms with Crippen LogP contribution in [0.5, 0.6) is 5.75 Å². The minimum Gasteiger partial charge on any atom is -0.483 e. The van der Waals surface area contributed by atoms with Gasteiger partial charge in [-0.1, -0.05) is 29.5 Å². The molecule has 0 aliphatic rings. The maximum absolute atomic E-state index is 12.4. The number of nitrogens with one attached hydrogen (secondary N) is 1. The van der Waals surface area contributed by atoms with Crippen LogP contribution in [-0.4, -0.2) is 39.0 Å². The molecule has 3 rings (SSSR count). The highest BCUT2D eigenvalue weighted by Gasteiger charge is 2.19. The Hall–Kier alpha value is -3.33. The van der Waals surface area contributed by atoms with E-state index in [-0.39, 0.29) is 23.7 Å². The van der Waals surface area contributed by atoms with Crippen LogP contribution in [0.25, 0.3) is 0 Å². The predicted molar refractivity (Wildman–Crippen MR) is 128 cm³/mol. The molecule has 0 aliphatic carbocycles. The van der Waals surface area contributed by atoms with Gasteiger partial charge in [0.15, 0.2) is 17.1 Å². The summed E-state index contributed by atoms with van der Waals surface area (Å²) in [7, 11) is 0. The van der Waals surface area contributed by atoms with Gasteiger partial charge < -0.3 is 19.4 Å². The second-order valence-corrected chi connectivity index (χ2v) is 8.24. The number of ether oxygens (including phenoxy) is 2. The lowest BCUT2D eigenvalue weighted by atomic mass is 10.2. The Morgan fingerprint density at radius 3 is 2.39 bits per heavy atom. The van der Waals surface area contributed by atoms with Gasteiger partial charge in [0.1, 0.15) is 5.75 Å². The van der Waals surface area contributed by atoms with Gasteiger partial charge in [-0.15, -0.1) is 10.2 Å². The summed E-state index contributed by atoms with van der Waals surface area (Å²) in [5, 5.41) is 12.0. The zero-order chi connectivity index (χ0) is 23.8. The molecule has 1 heterocycles. The van der Waals surface area contributed by atoms with Crippen molar-refractivity contribution in [3.63, 3.8) is 0 Å². The molecular formula is C24H28N4O4S. The molecular weight excluding hydrogens is 440 g/mol. The number of anilines is 1. The van der Waals surface area contributed by atoms with Crippen molar-refractivity contribution in [2.45, 2.75) is 45.5 Å². The zero-order valence-electron chi connectivity index (χ0n) is 19.2. The number of nitrogens with zero attached hydrogens (tertiary/aromatic N) is 3. The smallest absolute Gasteiger partial charge is 0.338 e. The summed E-state index contributed by atoms with van der Waals surface area (Å²) in [6.45, 7) is 8.68. The van der Waals surface area contributed by atoms with Crippen molar-refractivity contribution in [1.82, 2.24) is 14.8 Å². The average molecular weight is 469 g/mol. The van der Waals surface area contributed by atoms with Gasteiger partial charge in [-0.05, 0) is 64.1 Å². The van der Waals surface area contributed by atoms with E-state index in [0.29, 0.717) is 35.4 Å². The highest BCUT2D eigenvalue weighted by molar-refractivity contribution is 7.99. The Balaban J connectivity index is 1.57. The van der Waals surface area contributed by atoms with E-state index in [9.17, 15) is 9.59 Å². The van der Waals surface area contributed by atoms with E-state index < -0.39 is 0 Å². The third-order valence-electron chi connectivity index (χ3n) is 4.77. The number of amides is 1. The molecule has 0 spiro atoms. The van der Waals surface area contributed by atoms with Crippen LogP contribution in [0.4, 0.5) is 5.69 Å². The zero-order valence-corrected chi connectivity index (χ0v) is 20.0. The average Bonchev–Trinajstić information content (AvgIpc) is 3.23. The molecule has 3 aromatic rings. The number of hydrogen-bond donors (Lipinski definition) is 1. The molecule has 0 bridgehead atoms. The Bertz CT molecular complexity index is 1080. The van der Waals surface area contributed by atoms with Gasteiger partial charge in [0.05, 0.1) is 17.9 Å². The monoisotopic (exact) mass is 468 g/mol. The van der Waals surface area contributed by atoms with Gasteiger partial charge >= 0.3 is 5.97 Å². The Morgan fingerprint density at radius 1 is 1.06 bits per heavy atom. The number of esters is 1. The molecule has 1 N–H and O–H groups in total. The number of aromatic nitrogens is 3. The van der Waals surface area contributed by atoms with E-state index in [4.69, 9.17) is 9.47 Å². The third kappa shape index (κ3) is 6.58. The molecule has 8 nitrogen and oxygen atoms in total. The molecule has 1 amide bonds. The topological polar surface area (TPSA) is 95.3 Å². The van der Waals surface area contributed by atoms with Crippen molar-refractivity contribution in [2.75, 3.05) is 17.7 Å². The maximum Gasteiger partial charge on any atom is 0.338 e. The van der Waals surface area contributed by atoms with E-state index >= 15 is 0 Å². The van der Waals surface area contributed by atoms with E-state index in [1.807, 2.05) is 49.6 Å². The number of benzene rings is 2. The summed E-state index contributed by atoms with van der Waals surface area (Å²) >= 11 is 1.31. The molecule has 0 radical (unpaired) electrons. The van der Waals surface area contributed by atoms with Gasteiger partial charge in [-0.2, -0.15) is 0 Å². The number of thioether (sulfide) groups is 1. The van der Waals surface area contributed by atoms with Gasteiger partial charge in [0.25, 0.3) is 0 Å². The molecule has 33 heavy (non-hydrogen) atoms. The first-order valence-electron chi connectivity index (χ1n) is 10.8. The predicted octanol–water partition coefficient (Wildman–Crippen LogP) is 4.65. The molecule has 0 saturated carbocycles. The van der Waals surface area contributed by atoms with Gasteiger partial charge in [0.2, 0.25) is 5.91 Å². The number of aryl methyl sites for hydroxylation is 1. The van der Waals surface area contributed by atoms with Gasteiger partial charge in [-0.25, -0.2) is 4.79 Å². The Labute approximate surface area is 197 Å². The van der Waals surface area contributed by atoms with Crippen LogP contribution in [0.3, 0.4) is 0 Å². The summed E-state index contributed by atoms with van der Waals surface area (Å²) < 4.78 is 12.9. The molecule has 174 valence electrons. The molecule has 1 unspecified atom stereocenters. The largest absolute Gasteiger partial charge is 0.483 e. The van der Waals surface area contributed by atoms with E-state index in [2.05, 4.69) is 15.5 Å². The minimum absolute atomic E-state index is 0.172. The fourth-order valence-corrected chi connectivity index (χ4v) is 3.92. The van der Waals surface area contributed by atoms with Crippen LogP contribution in [0.1, 0.15) is 48.6 Å². The lowest BCUT2D eigenvalue weighted by molar-refractivity contribution is -0.113. The maximum atomic E-state index is 12.4. The van der Waals surface area contributed by atoms with Crippen molar-refractivity contribution in [1.29, 1.82) is 0 Å². The van der Waals surface area contributed by atoms with Crippen LogP contribution in [-0.2, 0) is 16.1 Å². The lowest BCUT2D eigenvalue weighted by Crippen LogP contribution is -2.15. The molecule has 2 aromatic carbocycles. The number of rotatable bonds is 10. The van der Waals surface area contributed by atoms with Gasteiger partial charge in [0, 0.05) is 12.2 Å². The SMILES string of the molecule is CCOC(=O)c1ccc(NC(=O)CSc2nnc(C(C)Oc3ccc(C)cc3)n2CC)cc1. The lowest BCUT2D eigenvalue weighted by Gasteiger charge is -2.15. The Kier molecular flexibility index (Phi) is 8.48. The third-order valence-corrected chi connectivity index (χ3v) is 5.74. The highest BCUT2D eigenvalue weighted by atomic mass is 32.2. The summed E-state index contributed by atoms with van der Waals surface area (Å²) in [4.78, 5) is 24.1. The highest BCUT2D eigenvalue weighted by Crippen LogP contribution is 2.25. The van der Waals surface area contributed by atoms with Crippen LogP contribution in [0, 0.1) is 6.92 Å². The minimum atomic E-state index is -0.388. The number of hydrogen-bond acceptors (Lipinski definition) is 7. The first kappa shape index (κ1) is 24.3. The quantitative estimate of drug-likeness (QED) is 0.342. The number of carbonyl (C=O) groups excluding carboxylic acids is 2. The molecule has 1 atom stereocenters. The summed E-state index contributed by atoms with van der Waals surface area (Å²) in [5.74, 6) is 1.07. The summed E-state index contributed by atoms with van der Waals surface area (Å²) in [6, 6.07) is 14.4. The summed E-state index contributed by atoms with van der Waals surface area (Å²) in [6.07, 6.45) is -0.291. The fourth-order valence-electron chi connectivity index (χ4n) is 3.11. The molecule has 1 aromatic heterocycles. The number of carbonyl (C=O) groups is 2. The van der Waals surface area contributed by atoms with Crippen molar-refractivity contribution in [2.24, 2.45) is 0 Å². The van der Waals surface area contributed by atoms with Crippen LogP contribution in [0.15, 0.2) is 53.7 Å². The normalized spacial score (nSPS) is 11.6. The van der Waals surface area contributed by atoms with Crippen molar-refractivity contribution < 1.29 is 19.1 Å². The van der Waals surface area contributed by atoms with Crippen molar-refractivity contribution in [3.05, 3.63) is 65.5 Å². The molecule has 0 fully saturated rings. The van der Waals surface area contributed by atoms with Crippen LogP contribution < -0.4 is 10.1 Å². The molecule has 9 heteroatoms. The van der Waals surface area contributed by atoms with Crippen molar-refractivity contribution in [3.8, 4) is 5.75 Å². The standard InChI is InChI=1S/C24H28N4O4S/c1-5-28-22(17(4)32-20-13-7-16(3)8-14-20)26-27-24(28)33-15-21(29)25-19-11-9-18(10-12-19)23(30)31-6-2/h7-14,17H,5-6,15H2,1-4H3,(H,25,29). The molecule has 0 aliphatic heterocycles. The second-order valence-electron chi connectivity index (χ2n) is 7.29. The van der Waals surface area contributed by atoms with E-state index in [1.54, 1.807) is 31.2 Å². The fraction of sp³-hybridized carbons (Fsp3) is 0.333. The molecule has 0 saturated heterocycles. The van der Waals surface area contributed by atoms with Crippen LogP contribution in [0.2, 0.25) is 0 Å². The Morgan fingerprint density at radius 2 is 1.76 bits per heavy atom. The summed E-state index contributed by atoms with van der Waals surface area (Å²) in [5.41, 5.74) is 2.21. The van der Waals surface area contributed by atoms with E-state index in [0.717, 1.165) is 5.75 Å². The first-order chi connectivity index (χ1) is 15.9. The second kappa shape index (κ2) is 11.5. The first-order valence-corrected chi connectivity index (χ1v) is 11.8.